The summed E-state index contributed by atoms with van der Waals surface area (Å²) in [5, 5.41) is 15.1. The molecule has 0 fully saturated rings. The number of carbonyl (C=O) groups is 1. The van der Waals surface area contributed by atoms with Crippen molar-refractivity contribution in [3.63, 3.8) is 0 Å². The Morgan fingerprint density at radius 1 is 1.19 bits per heavy atom. The van der Waals surface area contributed by atoms with Crippen LogP contribution >= 0.6 is 0 Å². The van der Waals surface area contributed by atoms with Crippen molar-refractivity contribution in [3.8, 4) is 5.69 Å². The van der Waals surface area contributed by atoms with Gasteiger partial charge in [-0.1, -0.05) is 12.1 Å². The van der Waals surface area contributed by atoms with Gasteiger partial charge in [0.2, 0.25) is 0 Å². The summed E-state index contributed by atoms with van der Waals surface area (Å²) < 4.78 is 1.71. The van der Waals surface area contributed by atoms with Crippen molar-refractivity contribution in [2.45, 2.75) is 13.0 Å². The third-order valence-electron chi connectivity index (χ3n) is 4.35. The quantitative estimate of drug-likeness (QED) is 0.520. The van der Waals surface area contributed by atoms with Crippen molar-refractivity contribution < 1.29 is 9.72 Å². The first-order chi connectivity index (χ1) is 12.5. The maximum atomic E-state index is 12.7. The number of non-ortho nitro benzene ring substituents is 1. The Hall–Kier alpha value is -3.48. The molecule has 132 valence electrons. The molecule has 7 heteroatoms. The van der Waals surface area contributed by atoms with Gasteiger partial charge >= 0.3 is 0 Å². The first-order valence-electron chi connectivity index (χ1n) is 8.09. The Morgan fingerprint density at radius 2 is 1.92 bits per heavy atom. The van der Waals surface area contributed by atoms with Gasteiger partial charge in [-0.05, 0) is 42.8 Å². The van der Waals surface area contributed by atoms with Crippen LogP contribution < -0.4 is 0 Å². The zero-order valence-corrected chi connectivity index (χ0v) is 14.4. The van der Waals surface area contributed by atoms with E-state index in [4.69, 9.17) is 0 Å². The molecule has 3 aromatic rings. The predicted octanol–water partition coefficient (Wildman–Crippen LogP) is 3.61. The van der Waals surface area contributed by atoms with Crippen molar-refractivity contribution >= 4 is 11.6 Å². The summed E-state index contributed by atoms with van der Waals surface area (Å²) >= 11 is 0. The standard InChI is InChI=1S/C19H18N4O3/c1-14(16-5-3-6-18(13-16)23(25)26)21(2)19(24)15-7-9-17(10-8-15)22-12-4-11-20-22/h3-14H,1-2H3/t14-/m1/s1. The van der Waals surface area contributed by atoms with E-state index < -0.39 is 4.92 Å². The lowest BCUT2D eigenvalue weighted by Gasteiger charge is -2.25. The van der Waals surface area contributed by atoms with Crippen LogP contribution in [-0.4, -0.2) is 32.6 Å². The summed E-state index contributed by atoms with van der Waals surface area (Å²) in [6.07, 6.45) is 3.51. The van der Waals surface area contributed by atoms with E-state index in [-0.39, 0.29) is 17.6 Å². The molecular weight excluding hydrogens is 332 g/mol. The normalized spacial score (nSPS) is 11.8. The lowest BCUT2D eigenvalue weighted by atomic mass is 10.1. The van der Waals surface area contributed by atoms with Crippen molar-refractivity contribution in [1.29, 1.82) is 0 Å². The van der Waals surface area contributed by atoms with Crippen LogP contribution in [0.2, 0.25) is 0 Å². The van der Waals surface area contributed by atoms with Crippen LogP contribution in [0.5, 0.6) is 0 Å². The molecule has 1 aromatic heterocycles. The number of nitro groups is 1. The number of hydrogen-bond donors (Lipinski definition) is 0. The second-order valence-corrected chi connectivity index (χ2v) is 5.94. The summed E-state index contributed by atoms with van der Waals surface area (Å²) in [5.74, 6) is -0.156. The number of aromatic nitrogens is 2. The summed E-state index contributed by atoms with van der Waals surface area (Å²) in [4.78, 5) is 24.8. The van der Waals surface area contributed by atoms with E-state index in [0.29, 0.717) is 11.1 Å². The molecule has 1 amide bonds. The molecule has 26 heavy (non-hydrogen) atoms. The second kappa shape index (κ2) is 7.18. The number of nitro benzene ring substituents is 1. The highest BCUT2D eigenvalue weighted by molar-refractivity contribution is 5.94. The molecule has 2 aromatic carbocycles. The van der Waals surface area contributed by atoms with E-state index in [1.807, 2.05) is 31.3 Å². The summed E-state index contributed by atoms with van der Waals surface area (Å²) in [6.45, 7) is 1.84. The van der Waals surface area contributed by atoms with Crippen LogP contribution in [0.25, 0.3) is 5.69 Å². The second-order valence-electron chi connectivity index (χ2n) is 5.94. The van der Waals surface area contributed by atoms with Crippen LogP contribution in [-0.2, 0) is 0 Å². The molecule has 0 unspecified atom stereocenters. The average molecular weight is 350 g/mol. The number of carbonyl (C=O) groups excluding carboxylic acids is 1. The summed E-state index contributed by atoms with van der Waals surface area (Å²) in [5.41, 5.74) is 2.13. The van der Waals surface area contributed by atoms with Crippen molar-refractivity contribution in [3.05, 3.63) is 88.2 Å². The molecule has 0 aliphatic carbocycles. The van der Waals surface area contributed by atoms with Crippen molar-refractivity contribution in [2.24, 2.45) is 0 Å². The van der Waals surface area contributed by atoms with E-state index >= 15 is 0 Å². The highest BCUT2D eigenvalue weighted by atomic mass is 16.6. The fourth-order valence-corrected chi connectivity index (χ4v) is 2.68. The van der Waals surface area contributed by atoms with Gasteiger partial charge in [0.1, 0.15) is 0 Å². The first kappa shape index (κ1) is 17.3. The molecule has 0 N–H and O–H groups in total. The lowest BCUT2D eigenvalue weighted by molar-refractivity contribution is -0.384. The molecule has 0 radical (unpaired) electrons. The summed E-state index contributed by atoms with van der Waals surface area (Å²) in [6, 6.07) is 15.0. The molecule has 0 spiro atoms. The number of hydrogen-bond acceptors (Lipinski definition) is 4. The van der Waals surface area contributed by atoms with Crippen molar-refractivity contribution in [1.82, 2.24) is 14.7 Å². The van der Waals surface area contributed by atoms with Crippen LogP contribution in [0.1, 0.15) is 28.9 Å². The Kier molecular flexibility index (Phi) is 4.79. The molecular formula is C19H18N4O3. The minimum atomic E-state index is -0.438. The fourth-order valence-electron chi connectivity index (χ4n) is 2.68. The van der Waals surface area contributed by atoms with Gasteiger partial charge in [0, 0.05) is 37.1 Å². The largest absolute Gasteiger partial charge is 0.335 e. The van der Waals surface area contributed by atoms with Gasteiger partial charge in [0.25, 0.3) is 11.6 Å². The monoisotopic (exact) mass is 350 g/mol. The molecule has 1 heterocycles. The maximum Gasteiger partial charge on any atom is 0.269 e. The first-order valence-corrected chi connectivity index (χ1v) is 8.09. The minimum Gasteiger partial charge on any atom is -0.335 e. The number of nitrogens with zero attached hydrogens (tertiary/aromatic N) is 4. The van der Waals surface area contributed by atoms with Crippen LogP contribution in [0.4, 0.5) is 5.69 Å². The highest BCUT2D eigenvalue weighted by Crippen LogP contribution is 2.24. The molecule has 1 atom stereocenters. The van der Waals surface area contributed by atoms with E-state index in [0.717, 1.165) is 5.69 Å². The third-order valence-corrected chi connectivity index (χ3v) is 4.35. The number of benzene rings is 2. The molecule has 0 aliphatic heterocycles. The van der Waals surface area contributed by atoms with Gasteiger partial charge in [-0.25, -0.2) is 4.68 Å². The number of amides is 1. The lowest BCUT2D eigenvalue weighted by Crippen LogP contribution is -2.29. The van der Waals surface area contributed by atoms with Crippen LogP contribution in [0.15, 0.2) is 67.0 Å². The molecule has 0 bridgehead atoms. The third kappa shape index (κ3) is 3.46. The smallest absolute Gasteiger partial charge is 0.269 e. The van der Waals surface area contributed by atoms with E-state index in [1.54, 1.807) is 47.1 Å². The average Bonchev–Trinajstić information content (AvgIpc) is 3.21. The van der Waals surface area contributed by atoms with E-state index in [1.165, 1.54) is 12.1 Å². The Labute approximate surface area is 150 Å². The van der Waals surface area contributed by atoms with E-state index in [9.17, 15) is 14.9 Å². The van der Waals surface area contributed by atoms with Crippen LogP contribution in [0, 0.1) is 10.1 Å². The molecule has 0 aliphatic rings. The van der Waals surface area contributed by atoms with Gasteiger partial charge in [-0.15, -0.1) is 0 Å². The van der Waals surface area contributed by atoms with Gasteiger partial charge < -0.3 is 4.90 Å². The van der Waals surface area contributed by atoms with Crippen LogP contribution in [0.3, 0.4) is 0 Å². The zero-order chi connectivity index (χ0) is 18.7. The zero-order valence-electron chi connectivity index (χ0n) is 14.4. The SMILES string of the molecule is C[C@H](c1cccc([N+](=O)[O-])c1)N(C)C(=O)c1ccc(-n2cccn2)cc1. The van der Waals surface area contributed by atoms with E-state index in [2.05, 4.69) is 5.10 Å². The Morgan fingerprint density at radius 3 is 2.54 bits per heavy atom. The maximum absolute atomic E-state index is 12.7. The fraction of sp³-hybridized carbons (Fsp3) is 0.158. The van der Waals surface area contributed by atoms with Crippen molar-refractivity contribution in [2.75, 3.05) is 7.05 Å². The summed E-state index contributed by atoms with van der Waals surface area (Å²) in [7, 11) is 1.69. The minimum absolute atomic E-state index is 0.0128. The van der Waals surface area contributed by atoms with Gasteiger partial charge in [0.05, 0.1) is 16.7 Å². The van der Waals surface area contributed by atoms with Gasteiger partial charge in [-0.3, -0.25) is 14.9 Å². The topological polar surface area (TPSA) is 81.3 Å². The predicted molar refractivity (Wildman–Crippen MR) is 97.2 cm³/mol. The molecule has 7 nitrogen and oxygen atoms in total. The molecule has 0 saturated carbocycles. The van der Waals surface area contributed by atoms with Gasteiger partial charge in [0.15, 0.2) is 0 Å². The molecule has 3 rings (SSSR count). The Balaban J connectivity index is 1.78. The molecule has 0 saturated heterocycles. The van der Waals surface area contributed by atoms with Gasteiger partial charge in [-0.2, -0.15) is 5.10 Å². The Bertz CT molecular complexity index is 920. The number of rotatable bonds is 5. The highest BCUT2D eigenvalue weighted by Gasteiger charge is 2.20.